The maximum absolute atomic E-state index is 8.73. The average Bonchev–Trinajstić information content (AvgIpc) is 2.36. The summed E-state index contributed by atoms with van der Waals surface area (Å²) in [5.74, 6) is 0.939. The molecule has 0 aliphatic rings. The van der Waals surface area contributed by atoms with Crippen LogP contribution in [0.25, 0.3) is 0 Å². The zero-order valence-corrected chi connectivity index (χ0v) is 12.1. The molecule has 0 aliphatic carbocycles. The molecule has 0 aliphatic heterocycles. The summed E-state index contributed by atoms with van der Waals surface area (Å²) in [6.07, 6.45) is 1.05. The average molecular weight is 265 g/mol. The Morgan fingerprint density at radius 3 is 2.58 bits per heavy atom. The Bertz CT molecular complexity index is 445. The molecule has 0 spiro atoms. The summed E-state index contributed by atoms with van der Waals surface area (Å²) < 4.78 is 0. The molecule has 106 valence electrons. The number of aryl methyl sites for hydroxylation is 1. The van der Waals surface area contributed by atoms with Crippen molar-refractivity contribution in [1.82, 2.24) is 9.88 Å². The number of anilines is 1. The van der Waals surface area contributed by atoms with Gasteiger partial charge in [0, 0.05) is 24.8 Å². The SMILES string of the molecule is Cc1cc(/C(N)=N/O)cc(N(C)CCCN(C)C)n1. The van der Waals surface area contributed by atoms with Gasteiger partial charge in [-0.05, 0) is 46.1 Å². The highest BCUT2D eigenvalue weighted by Gasteiger charge is 2.08. The lowest BCUT2D eigenvalue weighted by Crippen LogP contribution is -2.25. The molecule has 3 N–H and O–H groups in total. The lowest BCUT2D eigenvalue weighted by Gasteiger charge is -2.20. The van der Waals surface area contributed by atoms with Crippen LogP contribution in [0.15, 0.2) is 17.3 Å². The molecule has 0 fully saturated rings. The molecular weight excluding hydrogens is 242 g/mol. The van der Waals surface area contributed by atoms with Gasteiger partial charge in [0.1, 0.15) is 5.82 Å². The van der Waals surface area contributed by atoms with Crippen LogP contribution in [0.5, 0.6) is 0 Å². The van der Waals surface area contributed by atoms with E-state index in [2.05, 4.69) is 34.0 Å². The smallest absolute Gasteiger partial charge is 0.170 e. The van der Waals surface area contributed by atoms with Gasteiger partial charge < -0.3 is 20.7 Å². The van der Waals surface area contributed by atoms with Crippen molar-refractivity contribution < 1.29 is 5.21 Å². The molecule has 0 saturated carbocycles. The molecule has 0 atom stereocenters. The second kappa shape index (κ2) is 6.94. The monoisotopic (exact) mass is 265 g/mol. The van der Waals surface area contributed by atoms with Crippen molar-refractivity contribution in [2.24, 2.45) is 10.9 Å². The molecule has 1 aromatic rings. The minimum atomic E-state index is 0.105. The van der Waals surface area contributed by atoms with Gasteiger partial charge in [-0.3, -0.25) is 0 Å². The highest BCUT2D eigenvalue weighted by atomic mass is 16.4. The van der Waals surface area contributed by atoms with Gasteiger partial charge in [0.25, 0.3) is 0 Å². The second-order valence-corrected chi connectivity index (χ2v) is 4.92. The van der Waals surface area contributed by atoms with E-state index in [0.29, 0.717) is 5.56 Å². The lowest BCUT2D eigenvalue weighted by molar-refractivity contribution is 0.318. The maximum atomic E-state index is 8.73. The number of nitrogens with zero attached hydrogens (tertiary/aromatic N) is 4. The third-order valence-corrected chi connectivity index (χ3v) is 2.83. The van der Waals surface area contributed by atoms with E-state index >= 15 is 0 Å². The lowest BCUT2D eigenvalue weighted by atomic mass is 10.2. The molecule has 0 aromatic carbocycles. The van der Waals surface area contributed by atoms with E-state index in [-0.39, 0.29) is 5.84 Å². The Balaban J connectivity index is 2.79. The Kier molecular flexibility index (Phi) is 5.57. The summed E-state index contributed by atoms with van der Waals surface area (Å²) in [5, 5.41) is 11.8. The molecule has 0 bridgehead atoms. The molecule has 1 heterocycles. The van der Waals surface area contributed by atoms with Crippen LogP contribution in [0.2, 0.25) is 0 Å². The van der Waals surface area contributed by atoms with Gasteiger partial charge in [-0.15, -0.1) is 0 Å². The first-order valence-corrected chi connectivity index (χ1v) is 6.26. The molecule has 19 heavy (non-hydrogen) atoms. The fourth-order valence-corrected chi connectivity index (χ4v) is 1.79. The van der Waals surface area contributed by atoms with Gasteiger partial charge >= 0.3 is 0 Å². The van der Waals surface area contributed by atoms with Crippen LogP contribution in [0.4, 0.5) is 5.82 Å². The quantitative estimate of drug-likeness (QED) is 0.345. The first-order chi connectivity index (χ1) is 8.93. The third-order valence-electron chi connectivity index (χ3n) is 2.83. The van der Waals surface area contributed by atoms with E-state index in [1.54, 1.807) is 6.07 Å². The van der Waals surface area contributed by atoms with E-state index in [0.717, 1.165) is 31.0 Å². The number of amidine groups is 1. The minimum Gasteiger partial charge on any atom is -0.409 e. The summed E-state index contributed by atoms with van der Waals surface area (Å²) in [4.78, 5) is 8.69. The molecule has 0 unspecified atom stereocenters. The fraction of sp³-hybridized carbons (Fsp3) is 0.538. The normalized spacial score (nSPS) is 11.9. The van der Waals surface area contributed by atoms with Crippen molar-refractivity contribution in [3.63, 3.8) is 0 Å². The van der Waals surface area contributed by atoms with Crippen molar-refractivity contribution in [2.75, 3.05) is 39.1 Å². The van der Waals surface area contributed by atoms with Gasteiger partial charge in [0.05, 0.1) is 0 Å². The topological polar surface area (TPSA) is 78.0 Å². The first kappa shape index (κ1) is 15.2. The molecule has 6 heteroatoms. The molecule has 0 saturated heterocycles. The van der Waals surface area contributed by atoms with Crippen LogP contribution in [-0.4, -0.2) is 55.2 Å². The number of aromatic nitrogens is 1. The highest BCUT2D eigenvalue weighted by molar-refractivity contribution is 5.97. The first-order valence-electron chi connectivity index (χ1n) is 6.26. The number of pyridine rings is 1. The predicted octanol–water partition coefficient (Wildman–Crippen LogP) is 0.872. The van der Waals surface area contributed by atoms with Crippen LogP contribution in [0.3, 0.4) is 0 Å². The summed E-state index contributed by atoms with van der Waals surface area (Å²) in [7, 11) is 6.11. The molecule has 1 aromatic heterocycles. The summed E-state index contributed by atoms with van der Waals surface area (Å²) in [6, 6.07) is 3.63. The molecule has 6 nitrogen and oxygen atoms in total. The Morgan fingerprint density at radius 2 is 2.00 bits per heavy atom. The number of hydrogen-bond acceptors (Lipinski definition) is 5. The number of nitrogens with two attached hydrogens (primary N) is 1. The van der Waals surface area contributed by atoms with Crippen LogP contribution >= 0.6 is 0 Å². The number of rotatable bonds is 6. The van der Waals surface area contributed by atoms with Crippen molar-refractivity contribution in [1.29, 1.82) is 0 Å². The van der Waals surface area contributed by atoms with E-state index in [4.69, 9.17) is 10.9 Å². The number of hydrogen-bond donors (Lipinski definition) is 2. The molecule has 0 radical (unpaired) electrons. The van der Waals surface area contributed by atoms with E-state index in [1.807, 2.05) is 20.0 Å². The summed E-state index contributed by atoms with van der Waals surface area (Å²) in [6.45, 7) is 3.83. The van der Waals surface area contributed by atoms with Crippen LogP contribution < -0.4 is 10.6 Å². The maximum Gasteiger partial charge on any atom is 0.170 e. The molecular formula is C13H23N5O. The summed E-state index contributed by atoms with van der Waals surface area (Å²) in [5.41, 5.74) is 7.15. The van der Waals surface area contributed by atoms with Gasteiger partial charge in [-0.1, -0.05) is 5.16 Å². The zero-order chi connectivity index (χ0) is 14.4. The largest absolute Gasteiger partial charge is 0.409 e. The number of oxime groups is 1. The van der Waals surface area contributed by atoms with Crippen LogP contribution in [-0.2, 0) is 0 Å². The van der Waals surface area contributed by atoms with Crippen LogP contribution in [0, 0.1) is 6.92 Å². The minimum absolute atomic E-state index is 0.105. The van der Waals surface area contributed by atoms with Crippen molar-refractivity contribution >= 4 is 11.7 Å². The Labute approximate surface area is 114 Å². The standard InChI is InChI=1S/C13H23N5O/c1-10-8-11(13(14)16-19)9-12(15-10)18(4)7-5-6-17(2)3/h8-9,19H,5-7H2,1-4H3,(H2,14,16). The molecule has 1 rings (SSSR count). The zero-order valence-electron chi connectivity index (χ0n) is 12.1. The van der Waals surface area contributed by atoms with Gasteiger partial charge in [-0.25, -0.2) is 4.98 Å². The van der Waals surface area contributed by atoms with E-state index < -0.39 is 0 Å². The van der Waals surface area contributed by atoms with Crippen molar-refractivity contribution in [3.05, 3.63) is 23.4 Å². The molecule has 0 amide bonds. The van der Waals surface area contributed by atoms with Gasteiger partial charge in [0.2, 0.25) is 0 Å². The predicted molar refractivity (Wildman–Crippen MR) is 77.9 cm³/mol. The third kappa shape index (κ3) is 4.75. The van der Waals surface area contributed by atoms with E-state index in [1.165, 1.54) is 0 Å². The van der Waals surface area contributed by atoms with Crippen LogP contribution in [0.1, 0.15) is 17.7 Å². The van der Waals surface area contributed by atoms with Gasteiger partial charge in [0.15, 0.2) is 5.84 Å². The Hall–Kier alpha value is -1.82. The second-order valence-electron chi connectivity index (χ2n) is 4.92. The fourth-order valence-electron chi connectivity index (χ4n) is 1.79. The highest BCUT2D eigenvalue weighted by Crippen LogP contribution is 2.14. The van der Waals surface area contributed by atoms with Crippen molar-refractivity contribution in [3.8, 4) is 0 Å². The summed E-state index contributed by atoms with van der Waals surface area (Å²) >= 11 is 0. The van der Waals surface area contributed by atoms with Gasteiger partial charge in [-0.2, -0.15) is 0 Å². The Morgan fingerprint density at radius 1 is 1.32 bits per heavy atom. The van der Waals surface area contributed by atoms with E-state index in [9.17, 15) is 0 Å². The van der Waals surface area contributed by atoms with Crippen molar-refractivity contribution in [2.45, 2.75) is 13.3 Å².